The van der Waals surface area contributed by atoms with Crippen molar-refractivity contribution in [3.05, 3.63) is 94.7 Å². The number of aliphatic imine (C=N–C) groups is 2. The van der Waals surface area contributed by atoms with Crippen LogP contribution in [0.3, 0.4) is 0 Å². The third-order valence-electron chi connectivity index (χ3n) is 23.5. The molecule has 0 spiro atoms. The monoisotopic (exact) mass is 1720 g/mol. The van der Waals surface area contributed by atoms with Crippen LogP contribution in [0.25, 0.3) is 42.3 Å². The second-order valence-electron chi connectivity index (χ2n) is 34.5. The van der Waals surface area contributed by atoms with Crippen molar-refractivity contribution in [3.63, 3.8) is 0 Å². The average Bonchev–Trinajstić information content (AvgIpc) is 1.55. The molecule has 0 aliphatic rings. The summed E-state index contributed by atoms with van der Waals surface area (Å²) in [5.74, 6) is 4.45. The number of ether oxygens (including phenoxy) is 6. The smallest absolute Gasteiger partial charge is 0.203 e. The Labute approximate surface area is 749 Å². The molecule has 121 heavy (non-hydrogen) atoms. The predicted molar refractivity (Wildman–Crippen MR) is 524 cm³/mol. The first-order chi connectivity index (χ1) is 59.9. The quantitative estimate of drug-likeness (QED) is 0.0268. The molecule has 15 heteroatoms. The Balaban J connectivity index is 0.987. The first-order valence-corrected chi connectivity index (χ1v) is 52.6. The molecule has 7 aromatic rings. The van der Waals surface area contributed by atoms with Crippen LogP contribution in [0.1, 0.15) is 437 Å². The first-order valence-electron chi connectivity index (χ1n) is 50.1. The number of thiophene rings is 1. The molecule has 0 saturated heterocycles. The van der Waals surface area contributed by atoms with Crippen LogP contribution in [0.5, 0.6) is 34.5 Å². The van der Waals surface area contributed by atoms with Crippen LogP contribution >= 0.6 is 34.0 Å². The fraction of sp³-hybridized carbons (Fsp3) is 0.679. The highest BCUT2D eigenvalue weighted by Gasteiger charge is 2.23. The number of rotatable bonds is 80. The Morgan fingerprint density at radius 2 is 0.405 bits per heavy atom. The number of aromatic nitrogens is 4. The van der Waals surface area contributed by atoms with Gasteiger partial charge in [-0.15, -0.1) is 31.7 Å². The summed E-state index contributed by atoms with van der Waals surface area (Å²) >= 11 is 4.83. The van der Waals surface area contributed by atoms with Gasteiger partial charge in [0.05, 0.1) is 51.0 Å². The van der Waals surface area contributed by atoms with E-state index in [9.17, 15) is 0 Å². The van der Waals surface area contributed by atoms with Gasteiger partial charge in [-0.05, 0) is 123 Å². The van der Waals surface area contributed by atoms with E-state index in [4.69, 9.17) is 58.8 Å². The van der Waals surface area contributed by atoms with Crippen molar-refractivity contribution in [2.24, 2.45) is 9.98 Å². The zero-order valence-electron chi connectivity index (χ0n) is 77.3. The number of hydrogen-bond acceptors (Lipinski definition) is 15. The Kier molecular flexibility index (Phi) is 58.2. The van der Waals surface area contributed by atoms with E-state index >= 15 is 0 Å². The van der Waals surface area contributed by atoms with Crippen molar-refractivity contribution < 1.29 is 28.4 Å². The minimum Gasteiger partial charge on any atom is -0.490 e. The maximum Gasteiger partial charge on any atom is 0.203 e. The van der Waals surface area contributed by atoms with Gasteiger partial charge in [-0.3, -0.25) is 9.98 Å². The van der Waals surface area contributed by atoms with E-state index in [-0.39, 0.29) is 0 Å². The highest BCUT2D eigenvalue weighted by Crippen LogP contribution is 2.46. The van der Waals surface area contributed by atoms with E-state index < -0.39 is 0 Å². The fourth-order valence-corrected chi connectivity index (χ4v) is 18.2. The Morgan fingerprint density at radius 3 is 0.620 bits per heavy atom. The number of nitrogens with zero attached hydrogens (tertiary/aromatic N) is 6. The summed E-state index contributed by atoms with van der Waals surface area (Å²) < 4.78 is 40.6. The minimum absolute atomic E-state index is 0.637. The predicted octanol–water partition coefficient (Wildman–Crippen LogP) is 35.4. The largest absolute Gasteiger partial charge is 0.490 e. The van der Waals surface area contributed by atoms with Crippen LogP contribution in [-0.4, -0.2) is 72.5 Å². The molecule has 0 radical (unpaired) electrons. The number of hydrogen-bond donors (Lipinski definition) is 0. The van der Waals surface area contributed by atoms with Gasteiger partial charge >= 0.3 is 0 Å². The van der Waals surface area contributed by atoms with Gasteiger partial charge in [0, 0.05) is 44.4 Å². The molecule has 0 atom stereocenters. The molecule has 7 rings (SSSR count). The maximum atomic E-state index is 6.78. The average molecular weight is 1720 g/mol. The van der Waals surface area contributed by atoms with E-state index in [0.717, 1.165) is 162 Å². The van der Waals surface area contributed by atoms with Gasteiger partial charge in [-0.1, -0.05) is 411 Å². The Hall–Kier alpha value is -6.16. The molecule has 0 bridgehead atoms. The fourth-order valence-electron chi connectivity index (χ4n) is 15.8. The summed E-state index contributed by atoms with van der Waals surface area (Å²) in [5, 5.41) is 22.5. The lowest BCUT2D eigenvalue weighted by molar-refractivity contribution is 0.234. The molecule has 12 nitrogen and oxygen atoms in total. The molecule has 0 N–H and O–H groups in total. The molecular formula is C106H166N6O6S3. The molecule has 0 aliphatic carbocycles. The lowest BCUT2D eigenvalue weighted by atomic mass is 10.1. The van der Waals surface area contributed by atoms with Crippen molar-refractivity contribution in [1.29, 1.82) is 0 Å². The van der Waals surface area contributed by atoms with Crippen LogP contribution in [0, 0.1) is 0 Å². The number of benzene rings is 4. The SMILES string of the molecule is CCCCCCCCCCCCOc1cc(-c2nnc(-c3ccc(N=Cc4ccc(C=Nc5ccc(-c6nnc(-c7cc(OCCCCCCCCCCCC)c(OCCCCCCCCCCCC)c(OCCCCCCCCCCCC)c7)s6)cc5)s4)cc3)s2)cc(OCCCCCCCCCCCC)c1OCCCCCCCCCCCC. The second kappa shape index (κ2) is 69.1. The maximum absolute atomic E-state index is 6.78. The van der Waals surface area contributed by atoms with Gasteiger partial charge in [-0.25, -0.2) is 0 Å². The molecule has 0 fully saturated rings. The van der Waals surface area contributed by atoms with Gasteiger partial charge in [0.2, 0.25) is 11.5 Å². The van der Waals surface area contributed by atoms with E-state index in [0.29, 0.717) is 39.6 Å². The first kappa shape index (κ1) is 102. The molecule has 674 valence electrons. The zero-order valence-corrected chi connectivity index (χ0v) is 79.7. The molecular weight excluding hydrogens is 1550 g/mol. The van der Waals surface area contributed by atoms with Crippen LogP contribution in [0.4, 0.5) is 11.4 Å². The van der Waals surface area contributed by atoms with E-state index in [1.807, 2.05) is 12.4 Å². The van der Waals surface area contributed by atoms with Crippen LogP contribution in [0.2, 0.25) is 0 Å². The van der Waals surface area contributed by atoms with Crippen molar-refractivity contribution in [2.45, 2.75) is 427 Å². The summed E-state index contributed by atoms with van der Waals surface area (Å²) in [7, 11) is 0. The third-order valence-corrected chi connectivity index (χ3v) is 26.5. The normalized spacial score (nSPS) is 11.7. The van der Waals surface area contributed by atoms with Crippen molar-refractivity contribution in [3.8, 4) is 76.8 Å². The topological polar surface area (TPSA) is 132 Å². The highest BCUT2D eigenvalue weighted by molar-refractivity contribution is 7.18. The molecule has 4 aromatic carbocycles. The lowest BCUT2D eigenvalue weighted by Gasteiger charge is -2.18. The Morgan fingerprint density at radius 1 is 0.215 bits per heavy atom. The third kappa shape index (κ3) is 45.5. The summed E-state index contributed by atoms with van der Waals surface area (Å²) in [5.41, 5.74) is 5.59. The van der Waals surface area contributed by atoms with Crippen molar-refractivity contribution in [2.75, 3.05) is 39.6 Å². The van der Waals surface area contributed by atoms with E-state index in [1.165, 1.54) is 321 Å². The summed E-state index contributed by atoms with van der Waals surface area (Å²) in [6.45, 7) is 17.6. The van der Waals surface area contributed by atoms with Gasteiger partial charge < -0.3 is 28.4 Å². The molecule has 3 aromatic heterocycles. The molecule has 0 unspecified atom stereocenters. The zero-order chi connectivity index (χ0) is 85.0. The molecule has 0 amide bonds. The second-order valence-corrected chi connectivity index (χ2v) is 37.6. The van der Waals surface area contributed by atoms with Crippen molar-refractivity contribution in [1.82, 2.24) is 20.4 Å². The standard InChI is InChI=1S/C106H166N6O6S3/c1-7-13-19-25-31-37-43-49-55-61-77-113-97-83-91(84-98(114-78-62-56-50-44-38-32-26-20-14-8-2)101(97)117-81-65-59-53-47-41-35-29-23-17-11-5)105-111-109-103(120-105)89-67-71-93(72-68-89)107-87-95-75-76-96(119-95)88-108-94-73-69-90(70-74-94)104-110-112-106(121-104)92-85-99(115-79-63-57-51-45-39-33-27-21-15-9-3)102(118-82-66-60-54-48-42-36-30-24-18-12-6)100(86-92)116-80-64-58-52-46-40-34-28-22-16-10-4/h67-76,83-88H,7-66,77-82H2,1-6H3. The van der Waals surface area contributed by atoms with Crippen LogP contribution in [-0.2, 0) is 0 Å². The lowest BCUT2D eigenvalue weighted by Crippen LogP contribution is -2.06. The van der Waals surface area contributed by atoms with Crippen LogP contribution < -0.4 is 28.4 Å². The summed E-state index contributed by atoms with van der Waals surface area (Å²) in [4.78, 5) is 11.9. The van der Waals surface area contributed by atoms with Crippen LogP contribution in [0.15, 0.2) is 94.9 Å². The summed E-state index contributed by atoms with van der Waals surface area (Å²) in [6.07, 6.45) is 80.7. The van der Waals surface area contributed by atoms with E-state index in [2.05, 4.69) is 126 Å². The van der Waals surface area contributed by atoms with E-state index in [1.54, 1.807) is 34.0 Å². The van der Waals surface area contributed by atoms with Gasteiger partial charge in [-0.2, -0.15) is 0 Å². The van der Waals surface area contributed by atoms with Gasteiger partial charge in [0.25, 0.3) is 0 Å². The Bertz CT molecular complexity index is 3370. The molecule has 3 heterocycles. The highest BCUT2D eigenvalue weighted by atomic mass is 32.1. The summed E-state index contributed by atoms with van der Waals surface area (Å²) in [6, 6.07) is 29.3. The van der Waals surface area contributed by atoms with Gasteiger partial charge in [0.15, 0.2) is 23.0 Å². The minimum atomic E-state index is 0.637. The molecule has 0 aliphatic heterocycles. The van der Waals surface area contributed by atoms with Crippen molar-refractivity contribution >= 4 is 57.8 Å². The number of unbranched alkanes of at least 4 members (excludes halogenated alkanes) is 54. The molecule has 0 saturated carbocycles. The van der Waals surface area contributed by atoms with Gasteiger partial charge in [0.1, 0.15) is 20.0 Å².